The maximum Gasteiger partial charge on any atom is 0.261 e. The molecule has 1 aromatic rings. The number of hydrogen-bond acceptors (Lipinski definition) is 4. The summed E-state index contributed by atoms with van der Waals surface area (Å²) in [6.07, 6.45) is 2.76. The Morgan fingerprint density at radius 2 is 1.74 bits per heavy atom. The highest BCUT2D eigenvalue weighted by Gasteiger charge is 2.39. The van der Waals surface area contributed by atoms with Crippen LogP contribution in [0.2, 0.25) is 5.02 Å². The summed E-state index contributed by atoms with van der Waals surface area (Å²) in [6.45, 7) is 1.73. The van der Waals surface area contributed by atoms with E-state index in [2.05, 4.69) is 0 Å². The van der Waals surface area contributed by atoms with Gasteiger partial charge in [0.1, 0.15) is 5.75 Å². The van der Waals surface area contributed by atoms with Crippen molar-refractivity contribution in [2.24, 2.45) is 0 Å². The maximum atomic E-state index is 12.6. The second kappa shape index (κ2) is 6.34. The van der Waals surface area contributed by atoms with E-state index >= 15 is 0 Å². The third-order valence-corrected chi connectivity index (χ3v) is 4.50. The highest BCUT2D eigenvalue weighted by atomic mass is 35.5. The van der Waals surface area contributed by atoms with Crippen LogP contribution >= 0.6 is 11.6 Å². The standard InChI is InChI=1S/C17H18ClNO4/c1-10(22-2)23-15-9-11(7-8-14(15)18)19-16(20)12-5-3-4-6-13(12)17(19)21/h7-10H,3-6H2,1-2H3. The number of rotatable bonds is 4. The highest BCUT2D eigenvalue weighted by Crippen LogP contribution is 2.38. The van der Waals surface area contributed by atoms with Crippen LogP contribution in [0.4, 0.5) is 5.69 Å². The van der Waals surface area contributed by atoms with E-state index in [0.717, 1.165) is 12.8 Å². The van der Waals surface area contributed by atoms with Crippen molar-refractivity contribution in [3.63, 3.8) is 0 Å². The molecule has 1 aliphatic carbocycles. The first-order valence-electron chi connectivity index (χ1n) is 7.62. The molecule has 5 nitrogen and oxygen atoms in total. The number of hydrogen-bond donors (Lipinski definition) is 0. The second-order valence-electron chi connectivity index (χ2n) is 5.65. The average molecular weight is 336 g/mol. The highest BCUT2D eigenvalue weighted by molar-refractivity contribution is 6.34. The minimum absolute atomic E-state index is 0.224. The van der Waals surface area contributed by atoms with Crippen molar-refractivity contribution in [3.05, 3.63) is 34.4 Å². The molecule has 0 spiro atoms. The van der Waals surface area contributed by atoms with E-state index in [1.165, 1.54) is 12.0 Å². The third-order valence-electron chi connectivity index (χ3n) is 4.19. The molecular formula is C17H18ClNO4. The first-order chi connectivity index (χ1) is 11.0. The zero-order valence-corrected chi connectivity index (χ0v) is 13.9. The molecule has 0 fully saturated rings. The summed E-state index contributed by atoms with van der Waals surface area (Å²) in [5.41, 5.74) is 1.78. The van der Waals surface area contributed by atoms with Crippen molar-refractivity contribution in [1.29, 1.82) is 0 Å². The lowest BCUT2D eigenvalue weighted by Crippen LogP contribution is -2.31. The lowest BCUT2D eigenvalue weighted by molar-refractivity contribution is -0.120. The molecule has 23 heavy (non-hydrogen) atoms. The summed E-state index contributed by atoms with van der Waals surface area (Å²) < 4.78 is 10.6. The van der Waals surface area contributed by atoms with Gasteiger partial charge < -0.3 is 9.47 Å². The Kier molecular flexibility index (Phi) is 4.41. The molecular weight excluding hydrogens is 318 g/mol. The normalized spacial score (nSPS) is 19.2. The van der Waals surface area contributed by atoms with Crippen LogP contribution in [0.3, 0.4) is 0 Å². The fourth-order valence-corrected chi connectivity index (χ4v) is 3.08. The van der Waals surface area contributed by atoms with Crippen LogP contribution in [0.1, 0.15) is 32.6 Å². The van der Waals surface area contributed by atoms with Crippen LogP contribution in [0.5, 0.6) is 5.75 Å². The number of halogens is 1. The largest absolute Gasteiger partial charge is 0.464 e. The summed E-state index contributed by atoms with van der Waals surface area (Å²) in [7, 11) is 1.52. The van der Waals surface area contributed by atoms with Gasteiger partial charge in [-0.05, 0) is 44.7 Å². The Balaban J connectivity index is 1.92. The summed E-state index contributed by atoms with van der Waals surface area (Å²) in [5.74, 6) is -0.0699. The van der Waals surface area contributed by atoms with Crippen LogP contribution in [0.25, 0.3) is 0 Å². The van der Waals surface area contributed by atoms with Crippen LogP contribution in [-0.4, -0.2) is 25.2 Å². The molecule has 2 amide bonds. The molecule has 1 aliphatic heterocycles. The van der Waals surface area contributed by atoms with Gasteiger partial charge in [0.05, 0.1) is 10.7 Å². The topological polar surface area (TPSA) is 55.8 Å². The molecule has 122 valence electrons. The monoisotopic (exact) mass is 335 g/mol. The van der Waals surface area contributed by atoms with Gasteiger partial charge in [-0.2, -0.15) is 0 Å². The lowest BCUT2D eigenvalue weighted by atomic mass is 9.93. The first-order valence-corrected chi connectivity index (χ1v) is 8.00. The minimum Gasteiger partial charge on any atom is -0.464 e. The van der Waals surface area contributed by atoms with Crippen molar-refractivity contribution in [2.45, 2.75) is 38.9 Å². The number of amides is 2. The van der Waals surface area contributed by atoms with E-state index in [1.807, 2.05) is 0 Å². The van der Waals surface area contributed by atoms with E-state index in [4.69, 9.17) is 21.1 Å². The molecule has 1 aromatic carbocycles. The molecule has 6 heteroatoms. The summed E-state index contributed by atoms with van der Waals surface area (Å²) >= 11 is 6.12. The van der Waals surface area contributed by atoms with Crippen molar-refractivity contribution in [2.75, 3.05) is 12.0 Å². The van der Waals surface area contributed by atoms with Gasteiger partial charge in [0.15, 0.2) is 6.29 Å². The van der Waals surface area contributed by atoms with E-state index in [1.54, 1.807) is 25.1 Å². The molecule has 0 saturated carbocycles. The number of anilines is 1. The number of ether oxygens (including phenoxy) is 2. The number of carbonyl (C=O) groups excluding carboxylic acids is 2. The van der Waals surface area contributed by atoms with E-state index in [9.17, 15) is 9.59 Å². The van der Waals surface area contributed by atoms with Gasteiger partial charge in [-0.25, -0.2) is 4.90 Å². The van der Waals surface area contributed by atoms with E-state index < -0.39 is 6.29 Å². The zero-order chi connectivity index (χ0) is 16.6. The summed E-state index contributed by atoms with van der Waals surface area (Å²) in [4.78, 5) is 26.4. The van der Waals surface area contributed by atoms with Crippen LogP contribution in [-0.2, 0) is 14.3 Å². The van der Waals surface area contributed by atoms with Crippen LogP contribution in [0.15, 0.2) is 29.3 Å². The van der Waals surface area contributed by atoms with Gasteiger partial charge in [0.25, 0.3) is 11.8 Å². The SMILES string of the molecule is COC(C)Oc1cc(N2C(=O)C3=C(CCCC3)C2=O)ccc1Cl. The Bertz CT molecular complexity index is 670. The van der Waals surface area contributed by atoms with Crippen molar-refractivity contribution in [1.82, 2.24) is 0 Å². The zero-order valence-electron chi connectivity index (χ0n) is 13.1. The molecule has 0 bridgehead atoms. The van der Waals surface area contributed by atoms with Gasteiger partial charge in [-0.1, -0.05) is 11.6 Å². The fourth-order valence-electron chi connectivity index (χ4n) is 2.92. The minimum atomic E-state index is -0.487. The number of benzene rings is 1. The summed E-state index contributed by atoms with van der Waals surface area (Å²) in [6, 6.07) is 4.87. The molecule has 0 saturated heterocycles. The predicted octanol–water partition coefficient (Wildman–Crippen LogP) is 3.46. The van der Waals surface area contributed by atoms with Crippen LogP contribution < -0.4 is 9.64 Å². The third kappa shape index (κ3) is 2.86. The Morgan fingerprint density at radius 3 is 2.30 bits per heavy atom. The van der Waals surface area contributed by atoms with Crippen molar-refractivity contribution in [3.8, 4) is 5.75 Å². The van der Waals surface area contributed by atoms with Crippen molar-refractivity contribution >= 4 is 29.1 Å². The number of carbonyl (C=O) groups is 2. The van der Waals surface area contributed by atoms with E-state index in [-0.39, 0.29) is 11.8 Å². The van der Waals surface area contributed by atoms with Gasteiger partial charge >= 0.3 is 0 Å². The van der Waals surface area contributed by atoms with Crippen molar-refractivity contribution < 1.29 is 19.1 Å². The molecule has 0 N–H and O–H groups in total. The molecule has 1 unspecified atom stereocenters. The molecule has 3 rings (SSSR count). The Hall–Kier alpha value is -1.85. The smallest absolute Gasteiger partial charge is 0.261 e. The first kappa shape index (κ1) is 16.0. The van der Waals surface area contributed by atoms with E-state index in [0.29, 0.717) is 40.4 Å². The predicted molar refractivity (Wildman–Crippen MR) is 86.5 cm³/mol. The maximum absolute atomic E-state index is 12.6. The average Bonchev–Trinajstić information content (AvgIpc) is 2.81. The summed E-state index contributed by atoms with van der Waals surface area (Å²) in [5, 5.41) is 0.398. The molecule has 2 aliphatic rings. The Morgan fingerprint density at radius 1 is 1.13 bits per heavy atom. The number of methoxy groups -OCH3 is 1. The number of nitrogens with zero attached hydrogens (tertiary/aromatic N) is 1. The van der Waals surface area contributed by atoms with Gasteiger partial charge in [-0.3, -0.25) is 9.59 Å². The van der Waals surface area contributed by atoms with Crippen LogP contribution in [0, 0.1) is 0 Å². The van der Waals surface area contributed by atoms with Gasteiger partial charge in [-0.15, -0.1) is 0 Å². The number of imide groups is 1. The lowest BCUT2D eigenvalue weighted by Gasteiger charge is -2.19. The van der Waals surface area contributed by atoms with Gasteiger partial charge in [0.2, 0.25) is 0 Å². The molecule has 1 heterocycles. The molecule has 0 aromatic heterocycles. The molecule has 0 radical (unpaired) electrons. The quantitative estimate of drug-likeness (QED) is 0.624. The second-order valence-corrected chi connectivity index (χ2v) is 6.05. The molecule has 1 atom stereocenters. The fraction of sp³-hybridized carbons (Fsp3) is 0.412. The Labute approximate surface area is 139 Å². The van der Waals surface area contributed by atoms with Gasteiger partial charge in [0, 0.05) is 24.3 Å².